The lowest BCUT2D eigenvalue weighted by atomic mass is 10.1. The molecule has 1 aromatic heterocycles. The monoisotopic (exact) mass is 496 g/mol. The van der Waals surface area contributed by atoms with E-state index in [9.17, 15) is 19.2 Å². The van der Waals surface area contributed by atoms with Gasteiger partial charge in [0.2, 0.25) is 5.91 Å². The number of thioether (sulfide) groups is 1. The predicted molar refractivity (Wildman–Crippen MR) is 123 cm³/mol. The van der Waals surface area contributed by atoms with E-state index in [1.807, 2.05) is 6.07 Å². The van der Waals surface area contributed by atoms with E-state index < -0.39 is 17.1 Å². The molecule has 0 saturated carbocycles. The molecule has 1 N–H and O–H groups in total. The van der Waals surface area contributed by atoms with Crippen molar-refractivity contribution >= 4 is 28.9 Å². The lowest BCUT2D eigenvalue weighted by molar-refractivity contribution is -0.144. The average Bonchev–Trinajstić information content (AvgIpc) is 3.23. The van der Waals surface area contributed by atoms with Crippen LogP contribution in [0.2, 0.25) is 0 Å². The molecule has 1 aliphatic rings. The molecule has 1 aromatic carbocycles. The van der Waals surface area contributed by atoms with Crippen LogP contribution in [0.4, 0.5) is 4.79 Å². The molecule has 0 aliphatic carbocycles. The molecule has 1 amide bonds. The molecule has 0 unspecified atom stereocenters. The first-order valence-corrected chi connectivity index (χ1v) is 11.7. The van der Waals surface area contributed by atoms with Gasteiger partial charge in [-0.1, -0.05) is 30.3 Å². The number of rotatable bonds is 8. The number of ether oxygens (including phenoxy) is 3. The van der Waals surface area contributed by atoms with Crippen LogP contribution in [-0.4, -0.2) is 74.3 Å². The van der Waals surface area contributed by atoms with Crippen molar-refractivity contribution in [2.24, 2.45) is 0 Å². The van der Waals surface area contributed by atoms with Crippen molar-refractivity contribution in [1.29, 1.82) is 0 Å². The second-order valence-electron chi connectivity index (χ2n) is 6.90. The highest BCUT2D eigenvalue weighted by atomic mass is 32.2. The summed E-state index contributed by atoms with van der Waals surface area (Å²) in [5.74, 6) is -0.958. The van der Waals surface area contributed by atoms with Crippen LogP contribution in [0.1, 0.15) is 12.7 Å². The highest BCUT2D eigenvalue weighted by Gasteiger charge is 2.16. The molecule has 1 aliphatic heterocycles. The van der Waals surface area contributed by atoms with Crippen LogP contribution >= 0.6 is 11.8 Å². The van der Waals surface area contributed by atoms with E-state index in [4.69, 9.17) is 23.0 Å². The van der Waals surface area contributed by atoms with Gasteiger partial charge in [0.1, 0.15) is 13.2 Å². The Morgan fingerprint density at radius 3 is 2.44 bits per heavy atom. The molecule has 0 radical (unpaired) electrons. The Morgan fingerprint density at radius 2 is 1.79 bits per heavy atom. The highest BCUT2D eigenvalue weighted by Crippen LogP contribution is 2.23. The van der Waals surface area contributed by atoms with Crippen molar-refractivity contribution in [1.82, 2.24) is 10.2 Å². The van der Waals surface area contributed by atoms with Gasteiger partial charge in [-0.05, 0) is 18.0 Å². The van der Waals surface area contributed by atoms with Gasteiger partial charge in [0.05, 0.1) is 13.2 Å². The minimum absolute atomic E-state index is 0.0571. The molecular formula is C22H28N2O9S. The Labute approximate surface area is 200 Å². The number of amides is 1. The van der Waals surface area contributed by atoms with Gasteiger partial charge >= 0.3 is 17.1 Å². The van der Waals surface area contributed by atoms with Crippen LogP contribution in [0.5, 0.6) is 0 Å². The van der Waals surface area contributed by atoms with Crippen LogP contribution in [0.3, 0.4) is 0 Å². The van der Waals surface area contributed by atoms with E-state index in [0.29, 0.717) is 12.2 Å². The molecule has 2 aromatic rings. The smallest absolute Gasteiger partial charge is 0.463 e. The normalized spacial score (nSPS) is 13.4. The fraction of sp³-hybridized carbons (Fsp3) is 0.455. The van der Waals surface area contributed by atoms with Gasteiger partial charge in [-0.2, -0.15) is 0 Å². The van der Waals surface area contributed by atoms with Crippen molar-refractivity contribution < 1.29 is 37.4 Å². The van der Waals surface area contributed by atoms with E-state index in [1.54, 1.807) is 30.5 Å². The molecule has 0 atom stereocenters. The third kappa shape index (κ3) is 10.2. The number of nitrogens with zero attached hydrogens (tertiary/aromatic N) is 1. The average molecular weight is 497 g/mol. The Hall–Kier alpha value is -3.09. The summed E-state index contributed by atoms with van der Waals surface area (Å²) in [6.07, 6.45) is 1.60. The van der Waals surface area contributed by atoms with Gasteiger partial charge < -0.3 is 28.4 Å². The summed E-state index contributed by atoms with van der Waals surface area (Å²) >= 11 is 0.941. The van der Waals surface area contributed by atoms with E-state index in [2.05, 4.69) is 10.2 Å². The molecule has 3 rings (SSSR count). The maximum Gasteiger partial charge on any atom is 0.519 e. The summed E-state index contributed by atoms with van der Waals surface area (Å²) in [5, 5.41) is 1.94. The van der Waals surface area contributed by atoms with Gasteiger partial charge in [-0.3, -0.25) is 14.5 Å². The molecule has 0 bridgehead atoms. The fourth-order valence-electron chi connectivity index (χ4n) is 2.76. The van der Waals surface area contributed by atoms with Crippen molar-refractivity contribution in [3.63, 3.8) is 0 Å². The van der Waals surface area contributed by atoms with Crippen molar-refractivity contribution in [3.8, 4) is 11.3 Å². The number of hydrogen-bond acceptors (Lipinski definition) is 11. The van der Waals surface area contributed by atoms with Crippen LogP contribution in [0.25, 0.3) is 11.3 Å². The molecule has 1 saturated heterocycles. The van der Waals surface area contributed by atoms with Crippen LogP contribution < -0.4 is 11.1 Å². The summed E-state index contributed by atoms with van der Waals surface area (Å²) in [5.41, 5.74) is 0.693. The lowest BCUT2D eigenvalue weighted by Gasteiger charge is -2.26. The van der Waals surface area contributed by atoms with E-state index in [0.717, 1.165) is 44.6 Å². The summed E-state index contributed by atoms with van der Waals surface area (Å²) in [7, 11) is 0. The third-order valence-corrected chi connectivity index (χ3v) is 4.88. The first-order valence-electron chi connectivity index (χ1n) is 10.5. The SMILES string of the molecule is CC(=O)NCC(=O)OCCN1CCOCC1.CSC(=O)OCc1oc(=O)oc1-c1ccccc1. The van der Waals surface area contributed by atoms with Crippen molar-refractivity contribution in [2.75, 3.05) is 52.3 Å². The topological polar surface area (TPSA) is 138 Å². The summed E-state index contributed by atoms with van der Waals surface area (Å²) < 4.78 is 24.8. The molecule has 34 heavy (non-hydrogen) atoms. The minimum Gasteiger partial charge on any atom is -0.463 e. The largest absolute Gasteiger partial charge is 0.519 e. The zero-order valence-corrected chi connectivity index (χ0v) is 19.9. The van der Waals surface area contributed by atoms with Gasteiger partial charge in [0.25, 0.3) is 0 Å². The quantitative estimate of drug-likeness (QED) is 0.536. The lowest BCUT2D eigenvalue weighted by Crippen LogP contribution is -2.39. The summed E-state index contributed by atoms with van der Waals surface area (Å²) in [4.78, 5) is 46.0. The van der Waals surface area contributed by atoms with Gasteiger partial charge in [0.15, 0.2) is 18.1 Å². The Bertz CT molecular complexity index is 968. The number of carbonyl (C=O) groups is 3. The second kappa shape index (κ2) is 14.9. The number of hydrogen-bond donors (Lipinski definition) is 1. The van der Waals surface area contributed by atoms with E-state index in [1.165, 1.54) is 6.92 Å². The van der Waals surface area contributed by atoms with Gasteiger partial charge in [-0.25, -0.2) is 9.59 Å². The van der Waals surface area contributed by atoms with Crippen molar-refractivity contribution in [3.05, 3.63) is 46.7 Å². The van der Waals surface area contributed by atoms with Crippen LogP contribution in [0.15, 0.2) is 44.0 Å². The van der Waals surface area contributed by atoms with Gasteiger partial charge in [-0.15, -0.1) is 0 Å². The summed E-state index contributed by atoms with van der Waals surface area (Å²) in [6, 6.07) is 9.00. The predicted octanol–water partition coefficient (Wildman–Crippen LogP) is 1.90. The third-order valence-electron chi connectivity index (χ3n) is 4.42. The number of nitrogens with one attached hydrogen (secondary N) is 1. The van der Waals surface area contributed by atoms with Gasteiger partial charge in [0, 0.05) is 32.1 Å². The molecule has 1 fully saturated rings. The maximum atomic E-state index is 11.1. The molecule has 186 valence electrons. The van der Waals surface area contributed by atoms with Crippen molar-refractivity contribution in [2.45, 2.75) is 13.5 Å². The summed E-state index contributed by atoms with van der Waals surface area (Å²) in [6.45, 7) is 5.48. The molecule has 0 spiro atoms. The Balaban J connectivity index is 0.000000242. The van der Waals surface area contributed by atoms with E-state index >= 15 is 0 Å². The highest BCUT2D eigenvalue weighted by molar-refractivity contribution is 8.12. The molecule has 11 nitrogen and oxygen atoms in total. The first kappa shape index (κ1) is 27.2. The Morgan fingerprint density at radius 1 is 1.09 bits per heavy atom. The van der Waals surface area contributed by atoms with E-state index in [-0.39, 0.29) is 30.6 Å². The molecular weight excluding hydrogens is 468 g/mol. The van der Waals surface area contributed by atoms with Crippen LogP contribution in [0, 0.1) is 0 Å². The minimum atomic E-state index is -0.816. The molecule has 2 heterocycles. The number of benzene rings is 1. The number of morpholine rings is 1. The Kier molecular flexibility index (Phi) is 11.9. The molecule has 12 heteroatoms. The second-order valence-corrected chi connectivity index (χ2v) is 7.64. The zero-order valence-electron chi connectivity index (χ0n) is 19.1. The number of carbonyl (C=O) groups excluding carboxylic acids is 3. The standard InChI is InChI=1S/C12H10O5S.C10H18N2O4/c1-18-12(14)15-7-9-10(17-11(13)16-9)8-5-3-2-4-6-8;1-9(13)11-8-10(14)16-7-4-12-2-5-15-6-3-12/h2-6H,7H2,1H3;2-8H2,1H3,(H,11,13). The number of esters is 1. The maximum absolute atomic E-state index is 11.1. The van der Waals surface area contributed by atoms with Crippen LogP contribution in [-0.2, 0) is 30.4 Å². The fourth-order valence-corrected chi connectivity index (χ4v) is 2.93. The first-order chi connectivity index (χ1) is 16.4. The zero-order chi connectivity index (χ0) is 24.8.